The lowest BCUT2D eigenvalue weighted by Gasteiger charge is -2.30. The summed E-state index contributed by atoms with van der Waals surface area (Å²) in [4.78, 5) is 0. The van der Waals surface area contributed by atoms with Crippen molar-refractivity contribution in [1.82, 2.24) is 5.32 Å². The molecular weight excluding hydrogens is 257 g/mol. The first-order valence-electron chi connectivity index (χ1n) is 7.21. The zero-order valence-corrected chi connectivity index (χ0v) is 12.7. The minimum atomic E-state index is -0.0813. The van der Waals surface area contributed by atoms with Crippen molar-refractivity contribution < 1.29 is 4.39 Å². The number of hydrogen-bond donors (Lipinski definition) is 1. The first-order chi connectivity index (χ1) is 9.19. The molecule has 3 heteroatoms. The van der Waals surface area contributed by atoms with E-state index in [1.165, 1.54) is 25.7 Å². The van der Waals surface area contributed by atoms with Crippen molar-refractivity contribution in [3.05, 3.63) is 35.6 Å². The Morgan fingerprint density at radius 1 is 1.26 bits per heavy atom. The summed E-state index contributed by atoms with van der Waals surface area (Å²) in [6.45, 7) is 2.16. The van der Waals surface area contributed by atoms with Crippen LogP contribution in [-0.4, -0.2) is 23.6 Å². The van der Waals surface area contributed by atoms with E-state index in [-0.39, 0.29) is 5.82 Å². The molecule has 0 radical (unpaired) electrons. The van der Waals surface area contributed by atoms with E-state index in [4.69, 9.17) is 0 Å². The van der Waals surface area contributed by atoms with Crippen molar-refractivity contribution in [2.45, 2.75) is 56.4 Å². The third kappa shape index (κ3) is 4.50. The highest BCUT2D eigenvalue weighted by Crippen LogP contribution is 2.27. The van der Waals surface area contributed by atoms with Gasteiger partial charge in [0.1, 0.15) is 5.82 Å². The fraction of sp³-hybridized carbons (Fsp3) is 0.625. The summed E-state index contributed by atoms with van der Waals surface area (Å²) in [7, 11) is 0. The molecule has 0 bridgehead atoms. The molecule has 1 unspecified atom stereocenters. The molecule has 1 atom stereocenters. The maximum absolute atomic E-state index is 13.6. The van der Waals surface area contributed by atoms with Gasteiger partial charge in [0.15, 0.2) is 0 Å². The first-order valence-corrected chi connectivity index (χ1v) is 8.50. The summed E-state index contributed by atoms with van der Waals surface area (Å²) in [6.07, 6.45) is 8.12. The van der Waals surface area contributed by atoms with Crippen molar-refractivity contribution in [3.8, 4) is 0 Å². The van der Waals surface area contributed by atoms with Gasteiger partial charge in [0.25, 0.3) is 0 Å². The quantitative estimate of drug-likeness (QED) is 0.875. The third-order valence-electron chi connectivity index (χ3n) is 4.01. The summed E-state index contributed by atoms with van der Waals surface area (Å²) in [6, 6.07) is 8.05. The second-order valence-corrected chi connectivity index (χ2v) is 6.71. The van der Waals surface area contributed by atoms with Crippen LogP contribution in [-0.2, 0) is 6.42 Å². The van der Waals surface area contributed by atoms with Gasteiger partial charge in [-0.25, -0.2) is 4.39 Å². The maximum Gasteiger partial charge on any atom is 0.126 e. The van der Waals surface area contributed by atoms with Gasteiger partial charge in [-0.2, -0.15) is 11.8 Å². The fourth-order valence-electron chi connectivity index (χ4n) is 2.92. The number of thioether (sulfide) groups is 1. The van der Waals surface area contributed by atoms with Crippen molar-refractivity contribution in [1.29, 1.82) is 0 Å². The normalized spacial score (nSPS) is 25.2. The van der Waals surface area contributed by atoms with Crippen LogP contribution in [0.5, 0.6) is 0 Å². The summed E-state index contributed by atoms with van der Waals surface area (Å²) < 4.78 is 13.6. The fourth-order valence-corrected chi connectivity index (χ4v) is 3.66. The summed E-state index contributed by atoms with van der Waals surface area (Å²) in [5, 5.41) is 4.51. The molecule has 19 heavy (non-hydrogen) atoms. The van der Waals surface area contributed by atoms with E-state index in [9.17, 15) is 4.39 Å². The van der Waals surface area contributed by atoms with Crippen LogP contribution in [0, 0.1) is 5.82 Å². The summed E-state index contributed by atoms with van der Waals surface area (Å²) in [5.41, 5.74) is 0.820. The van der Waals surface area contributed by atoms with E-state index in [2.05, 4.69) is 18.5 Å². The van der Waals surface area contributed by atoms with E-state index in [1.54, 1.807) is 12.1 Å². The molecule has 1 nitrogen and oxygen atoms in total. The first kappa shape index (κ1) is 14.9. The highest BCUT2D eigenvalue weighted by Gasteiger charge is 2.21. The monoisotopic (exact) mass is 281 g/mol. The number of rotatable bonds is 5. The number of halogens is 1. The Morgan fingerprint density at radius 3 is 2.58 bits per heavy atom. The van der Waals surface area contributed by atoms with Crippen LogP contribution in [0.25, 0.3) is 0 Å². The third-order valence-corrected chi connectivity index (χ3v) is 5.15. The maximum atomic E-state index is 13.6. The Hall–Kier alpha value is -0.540. The molecule has 0 aliphatic heterocycles. The molecule has 1 aromatic rings. The van der Waals surface area contributed by atoms with Crippen LogP contribution in [0.15, 0.2) is 24.3 Å². The molecule has 1 saturated carbocycles. The molecule has 1 aliphatic rings. The molecule has 1 N–H and O–H groups in total. The van der Waals surface area contributed by atoms with Crippen LogP contribution in [0.4, 0.5) is 4.39 Å². The van der Waals surface area contributed by atoms with E-state index in [1.807, 2.05) is 23.9 Å². The molecule has 106 valence electrons. The van der Waals surface area contributed by atoms with Gasteiger partial charge >= 0.3 is 0 Å². The summed E-state index contributed by atoms with van der Waals surface area (Å²) in [5.74, 6) is -0.0813. The number of hydrogen-bond acceptors (Lipinski definition) is 2. The predicted octanol–water partition coefficient (Wildman–Crippen LogP) is 4.02. The summed E-state index contributed by atoms with van der Waals surface area (Å²) >= 11 is 1.99. The van der Waals surface area contributed by atoms with Gasteiger partial charge in [-0.1, -0.05) is 18.2 Å². The average molecular weight is 281 g/mol. The lowest BCUT2D eigenvalue weighted by molar-refractivity contribution is 0.347. The van der Waals surface area contributed by atoms with Crippen LogP contribution in [0.2, 0.25) is 0 Å². The molecule has 1 aliphatic carbocycles. The van der Waals surface area contributed by atoms with Crippen LogP contribution in [0.1, 0.15) is 38.2 Å². The van der Waals surface area contributed by atoms with E-state index >= 15 is 0 Å². The molecule has 1 fully saturated rings. The minimum Gasteiger partial charge on any atom is -0.311 e. The Bertz CT molecular complexity index is 388. The van der Waals surface area contributed by atoms with Gasteiger partial charge in [0.2, 0.25) is 0 Å². The molecule has 0 saturated heterocycles. The Morgan fingerprint density at radius 2 is 1.95 bits per heavy atom. The second-order valence-electron chi connectivity index (χ2n) is 5.57. The number of nitrogens with one attached hydrogen (secondary N) is 1. The predicted molar refractivity (Wildman–Crippen MR) is 82.3 cm³/mol. The highest BCUT2D eigenvalue weighted by atomic mass is 32.2. The van der Waals surface area contributed by atoms with Crippen molar-refractivity contribution in [3.63, 3.8) is 0 Å². The van der Waals surface area contributed by atoms with Crippen LogP contribution in [0.3, 0.4) is 0 Å². The van der Waals surface area contributed by atoms with Crippen LogP contribution >= 0.6 is 11.8 Å². The Labute approximate surface area is 120 Å². The Kier molecular flexibility index (Phi) is 5.71. The Balaban J connectivity index is 1.79. The van der Waals surface area contributed by atoms with Crippen molar-refractivity contribution >= 4 is 11.8 Å². The molecule has 1 aromatic carbocycles. The van der Waals surface area contributed by atoms with Crippen LogP contribution < -0.4 is 5.32 Å². The largest absolute Gasteiger partial charge is 0.311 e. The van der Waals surface area contributed by atoms with Crippen molar-refractivity contribution in [2.24, 2.45) is 0 Å². The zero-order valence-electron chi connectivity index (χ0n) is 11.9. The topological polar surface area (TPSA) is 12.0 Å². The molecule has 0 spiro atoms. The van der Waals surface area contributed by atoms with Gasteiger partial charge < -0.3 is 5.32 Å². The standard InChI is InChI=1S/C16H24FNS/c1-12(11-13-5-3-4-6-16(13)17)18-14-7-9-15(19-2)10-8-14/h3-6,12,14-15,18H,7-11H2,1-2H3. The molecule has 2 rings (SSSR count). The highest BCUT2D eigenvalue weighted by molar-refractivity contribution is 7.99. The van der Waals surface area contributed by atoms with Gasteiger partial charge in [-0.3, -0.25) is 0 Å². The van der Waals surface area contributed by atoms with Gasteiger partial charge in [0, 0.05) is 17.3 Å². The SMILES string of the molecule is CSC1CCC(NC(C)Cc2ccccc2F)CC1. The van der Waals surface area contributed by atoms with E-state index in [0.29, 0.717) is 12.1 Å². The average Bonchev–Trinajstić information content (AvgIpc) is 2.42. The minimum absolute atomic E-state index is 0.0813. The van der Waals surface area contributed by atoms with Gasteiger partial charge in [-0.15, -0.1) is 0 Å². The zero-order chi connectivity index (χ0) is 13.7. The lowest BCUT2D eigenvalue weighted by atomic mass is 9.94. The molecule has 0 heterocycles. The number of benzene rings is 1. The molecule has 0 amide bonds. The van der Waals surface area contributed by atoms with E-state index < -0.39 is 0 Å². The molecular formula is C16H24FNS. The van der Waals surface area contributed by atoms with Gasteiger partial charge in [0.05, 0.1) is 0 Å². The smallest absolute Gasteiger partial charge is 0.126 e. The van der Waals surface area contributed by atoms with Gasteiger partial charge in [-0.05, 0) is 56.9 Å². The second kappa shape index (κ2) is 7.30. The van der Waals surface area contributed by atoms with E-state index in [0.717, 1.165) is 17.2 Å². The lowest BCUT2D eigenvalue weighted by Crippen LogP contribution is -2.40. The molecule has 0 aromatic heterocycles. The van der Waals surface area contributed by atoms with Crippen molar-refractivity contribution in [2.75, 3.05) is 6.26 Å².